The van der Waals surface area contributed by atoms with E-state index in [0.29, 0.717) is 12.2 Å². The van der Waals surface area contributed by atoms with Gasteiger partial charge in [0.15, 0.2) is 5.76 Å². The molecule has 0 aliphatic rings. The predicted octanol–water partition coefficient (Wildman–Crippen LogP) is 3.56. The van der Waals surface area contributed by atoms with E-state index in [-0.39, 0.29) is 11.7 Å². The lowest BCUT2D eigenvalue weighted by Crippen LogP contribution is -2.32. The molecule has 0 saturated carbocycles. The molecular weight excluding hydrogens is 296 g/mol. The molecule has 1 aromatic carbocycles. The Labute approximate surface area is 134 Å². The molecule has 23 heavy (non-hydrogen) atoms. The molecule has 0 atom stereocenters. The Morgan fingerprint density at radius 2 is 1.83 bits per heavy atom. The van der Waals surface area contributed by atoms with E-state index in [1.807, 2.05) is 32.9 Å². The van der Waals surface area contributed by atoms with Gasteiger partial charge in [-0.25, -0.2) is 4.79 Å². The van der Waals surface area contributed by atoms with E-state index in [2.05, 4.69) is 10.6 Å². The minimum Gasteiger partial charge on any atom is -0.459 e. The van der Waals surface area contributed by atoms with E-state index in [1.54, 1.807) is 24.3 Å². The predicted molar refractivity (Wildman–Crippen MR) is 86.2 cm³/mol. The molecule has 1 aromatic heterocycles. The highest BCUT2D eigenvalue weighted by Crippen LogP contribution is 2.12. The lowest BCUT2D eigenvalue weighted by atomic mass is 10.2. The molecule has 2 amide bonds. The molecule has 2 aromatic rings. The van der Waals surface area contributed by atoms with Gasteiger partial charge in [0.1, 0.15) is 5.60 Å². The maximum Gasteiger partial charge on any atom is 0.407 e. The number of ether oxygens (including phenoxy) is 1. The maximum atomic E-state index is 11.8. The summed E-state index contributed by atoms with van der Waals surface area (Å²) in [7, 11) is 0. The van der Waals surface area contributed by atoms with Crippen molar-refractivity contribution >= 4 is 17.7 Å². The van der Waals surface area contributed by atoms with Gasteiger partial charge in [-0.05, 0) is 50.6 Å². The summed E-state index contributed by atoms with van der Waals surface area (Å²) in [6, 6.07) is 10.4. The zero-order chi connectivity index (χ0) is 16.9. The van der Waals surface area contributed by atoms with Crippen molar-refractivity contribution in [3.05, 3.63) is 54.0 Å². The Morgan fingerprint density at radius 1 is 1.13 bits per heavy atom. The summed E-state index contributed by atoms with van der Waals surface area (Å²) in [5.74, 6) is -0.0599. The second kappa shape index (κ2) is 7.00. The second-order valence-corrected chi connectivity index (χ2v) is 5.98. The molecule has 2 N–H and O–H groups in total. The van der Waals surface area contributed by atoms with Gasteiger partial charge in [0.25, 0.3) is 5.91 Å². The van der Waals surface area contributed by atoms with Gasteiger partial charge in [0, 0.05) is 12.2 Å². The lowest BCUT2D eigenvalue weighted by molar-refractivity contribution is 0.0523. The number of carbonyl (C=O) groups is 2. The fourth-order valence-corrected chi connectivity index (χ4v) is 1.79. The van der Waals surface area contributed by atoms with Crippen molar-refractivity contribution in [3.8, 4) is 0 Å². The standard InChI is InChI=1S/C17H20N2O4/c1-17(2,3)23-16(21)18-11-12-6-8-13(9-7-12)19-15(20)14-5-4-10-22-14/h4-10H,11H2,1-3H3,(H,18,21)(H,19,20). The molecule has 0 bridgehead atoms. The minimum atomic E-state index is -0.524. The van der Waals surface area contributed by atoms with E-state index < -0.39 is 11.7 Å². The first-order chi connectivity index (χ1) is 10.8. The highest BCUT2D eigenvalue weighted by molar-refractivity contribution is 6.02. The van der Waals surface area contributed by atoms with Crippen molar-refractivity contribution in [2.45, 2.75) is 32.9 Å². The zero-order valence-electron chi connectivity index (χ0n) is 13.4. The van der Waals surface area contributed by atoms with E-state index in [4.69, 9.17) is 9.15 Å². The minimum absolute atomic E-state index is 0.251. The molecule has 0 fully saturated rings. The van der Waals surface area contributed by atoms with Crippen molar-refractivity contribution in [3.63, 3.8) is 0 Å². The summed E-state index contributed by atoms with van der Waals surface area (Å²) < 4.78 is 10.2. The molecule has 0 saturated heterocycles. The van der Waals surface area contributed by atoms with Gasteiger partial charge in [-0.2, -0.15) is 0 Å². The molecule has 2 rings (SSSR count). The van der Waals surface area contributed by atoms with Crippen LogP contribution in [0.4, 0.5) is 10.5 Å². The summed E-state index contributed by atoms with van der Waals surface area (Å²) in [6.45, 7) is 5.77. The summed E-state index contributed by atoms with van der Waals surface area (Å²) in [6.07, 6.45) is 0.980. The van der Waals surface area contributed by atoms with Gasteiger partial charge in [0.2, 0.25) is 0 Å². The molecule has 0 unspecified atom stereocenters. The van der Waals surface area contributed by atoms with Crippen molar-refractivity contribution in [1.82, 2.24) is 5.32 Å². The van der Waals surface area contributed by atoms with Crippen LogP contribution in [0.1, 0.15) is 36.9 Å². The average molecular weight is 316 g/mol. The van der Waals surface area contributed by atoms with Gasteiger partial charge < -0.3 is 19.8 Å². The molecule has 122 valence electrons. The van der Waals surface area contributed by atoms with Gasteiger partial charge >= 0.3 is 6.09 Å². The molecule has 6 nitrogen and oxygen atoms in total. The number of hydrogen-bond donors (Lipinski definition) is 2. The van der Waals surface area contributed by atoms with Crippen LogP contribution in [0.25, 0.3) is 0 Å². The van der Waals surface area contributed by atoms with Crippen molar-refractivity contribution in [2.24, 2.45) is 0 Å². The first kappa shape index (κ1) is 16.6. The molecule has 1 heterocycles. The van der Waals surface area contributed by atoms with Crippen LogP contribution in [0.15, 0.2) is 47.1 Å². The Hall–Kier alpha value is -2.76. The smallest absolute Gasteiger partial charge is 0.407 e. The van der Waals surface area contributed by atoms with E-state index in [0.717, 1.165) is 5.56 Å². The van der Waals surface area contributed by atoms with Gasteiger partial charge in [-0.3, -0.25) is 4.79 Å². The van der Waals surface area contributed by atoms with Gasteiger partial charge in [-0.1, -0.05) is 12.1 Å². The largest absolute Gasteiger partial charge is 0.459 e. The third-order valence-electron chi connectivity index (χ3n) is 2.79. The molecular formula is C17H20N2O4. The van der Waals surface area contributed by atoms with Crippen molar-refractivity contribution < 1.29 is 18.7 Å². The van der Waals surface area contributed by atoms with Crippen LogP contribution in [-0.2, 0) is 11.3 Å². The Morgan fingerprint density at radius 3 is 2.39 bits per heavy atom. The first-order valence-electron chi connectivity index (χ1n) is 7.24. The molecule has 0 aliphatic heterocycles. The fraction of sp³-hybridized carbons (Fsp3) is 0.294. The second-order valence-electron chi connectivity index (χ2n) is 5.98. The summed E-state index contributed by atoms with van der Waals surface area (Å²) in [4.78, 5) is 23.4. The number of amides is 2. The van der Waals surface area contributed by atoms with Crippen molar-refractivity contribution in [2.75, 3.05) is 5.32 Å². The topological polar surface area (TPSA) is 80.6 Å². The first-order valence-corrected chi connectivity index (χ1v) is 7.24. The van der Waals surface area contributed by atoms with Crippen molar-refractivity contribution in [1.29, 1.82) is 0 Å². The van der Waals surface area contributed by atoms with Crippen LogP contribution in [0.3, 0.4) is 0 Å². The summed E-state index contributed by atoms with van der Waals surface area (Å²) in [5.41, 5.74) is 1.02. The Bertz CT molecular complexity index is 655. The zero-order valence-corrected chi connectivity index (χ0v) is 13.4. The monoisotopic (exact) mass is 316 g/mol. The number of hydrogen-bond acceptors (Lipinski definition) is 4. The summed E-state index contributed by atoms with van der Waals surface area (Å²) >= 11 is 0. The van der Waals surface area contributed by atoms with E-state index >= 15 is 0 Å². The van der Waals surface area contributed by atoms with Crippen LogP contribution in [0.5, 0.6) is 0 Å². The lowest BCUT2D eigenvalue weighted by Gasteiger charge is -2.19. The van der Waals surface area contributed by atoms with Crippen LogP contribution in [0, 0.1) is 0 Å². The fourth-order valence-electron chi connectivity index (χ4n) is 1.79. The molecule has 0 spiro atoms. The molecule has 0 radical (unpaired) electrons. The number of furan rings is 1. The van der Waals surface area contributed by atoms with Gasteiger partial charge in [-0.15, -0.1) is 0 Å². The van der Waals surface area contributed by atoms with E-state index in [9.17, 15) is 9.59 Å². The number of carbonyl (C=O) groups excluding carboxylic acids is 2. The van der Waals surface area contributed by atoms with Gasteiger partial charge in [0.05, 0.1) is 6.26 Å². The molecule has 0 aliphatic carbocycles. The van der Waals surface area contributed by atoms with Crippen LogP contribution >= 0.6 is 0 Å². The number of benzene rings is 1. The highest BCUT2D eigenvalue weighted by Gasteiger charge is 2.15. The quantitative estimate of drug-likeness (QED) is 0.904. The van der Waals surface area contributed by atoms with Crippen LogP contribution in [-0.4, -0.2) is 17.6 Å². The third kappa shape index (κ3) is 5.50. The Balaban J connectivity index is 1.85. The number of alkyl carbamates (subject to hydrolysis) is 1. The van der Waals surface area contributed by atoms with Crippen LogP contribution < -0.4 is 10.6 Å². The SMILES string of the molecule is CC(C)(C)OC(=O)NCc1ccc(NC(=O)c2ccco2)cc1. The maximum absolute atomic E-state index is 11.8. The third-order valence-corrected chi connectivity index (χ3v) is 2.79. The van der Waals surface area contributed by atoms with Crippen LogP contribution in [0.2, 0.25) is 0 Å². The summed E-state index contributed by atoms with van der Waals surface area (Å²) in [5, 5.41) is 5.40. The van der Waals surface area contributed by atoms with E-state index in [1.165, 1.54) is 6.26 Å². The number of anilines is 1. The normalized spacial score (nSPS) is 10.9. The molecule has 6 heteroatoms. The average Bonchev–Trinajstić information content (AvgIpc) is 2.99. The number of nitrogens with one attached hydrogen (secondary N) is 2. The highest BCUT2D eigenvalue weighted by atomic mass is 16.6. The number of rotatable bonds is 4. The Kier molecular flexibility index (Phi) is 5.05.